The number of nitrogens with one attached hydrogen (secondary N) is 1. The van der Waals surface area contributed by atoms with Crippen molar-refractivity contribution in [3.05, 3.63) is 38.9 Å². The van der Waals surface area contributed by atoms with Crippen molar-refractivity contribution in [2.45, 2.75) is 39.8 Å². The second kappa shape index (κ2) is 7.43. The van der Waals surface area contributed by atoms with Gasteiger partial charge in [-0.15, -0.1) is 0 Å². The molecule has 1 unspecified atom stereocenters. The quantitative estimate of drug-likeness (QED) is 0.465. The third-order valence-corrected chi connectivity index (χ3v) is 3.98. The van der Waals surface area contributed by atoms with Crippen LogP contribution in [0.3, 0.4) is 0 Å². The van der Waals surface area contributed by atoms with E-state index >= 15 is 0 Å². The highest BCUT2D eigenvalue weighted by molar-refractivity contribution is 6.31. The zero-order valence-corrected chi connectivity index (χ0v) is 14.4. The van der Waals surface area contributed by atoms with Crippen molar-refractivity contribution in [2.75, 3.05) is 6.54 Å². The van der Waals surface area contributed by atoms with Gasteiger partial charge in [-0.05, 0) is 27.2 Å². The molecule has 0 aliphatic carbocycles. The Kier molecular flexibility index (Phi) is 5.55. The van der Waals surface area contributed by atoms with E-state index < -0.39 is 11.0 Å². The standard InChI is InChI=1S/C14H19ClN6O3/c1-9-12(15)7-19(17-9)6-4-5-16-14(22)11(3)20-8-13(21(23)24)10(2)18-20/h7-8,11H,4-6H2,1-3H3,(H,16,22). The third-order valence-electron chi connectivity index (χ3n) is 3.61. The summed E-state index contributed by atoms with van der Waals surface area (Å²) in [5.74, 6) is -0.248. The molecule has 2 aromatic rings. The van der Waals surface area contributed by atoms with Gasteiger partial charge in [-0.3, -0.25) is 24.3 Å². The number of hydrogen-bond donors (Lipinski definition) is 1. The van der Waals surface area contributed by atoms with Crippen LogP contribution in [-0.2, 0) is 11.3 Å². The van der Waals surface area contributed by atoms with E-state index in [9.17, 15) is 14.9 Å². The van der Waals surface area contributed by atoms with Gasteiger partial charge in [0.1, 0.15) is 17.9 Å². The van der Waals surface area contributed by atoms with Crippen LogP contribution in [0.15, 0.2) is 12.4 Å². The summed E-state index contributed by atoms with van der Waals surface area (Å²) in [5, 5.41) is 22.5. The normalized spacial score (nSPS) is 12.2. The molecule has 0 radical (unpaired) electrons. The van der Waals surface area contributed by atoms with Gasteiger partial charge in [0.15, 0.2) is 0 Å². The predicted molar refractivity (Wildman–Crippen MR) is 87.9 cm³/mol. The summed E-state index contributed by atoms with van der Waals surface area (Å²) in [6, 6.07) is -0.626. The Morgan fingerprint density at radius 1 is 1.38 bits per heavy atom. The van der Waals surface area contributed by atoms with Crippen LogP contribution in [0, 0.1) is 24.0 Å². The second-order valence-electron chi connectivity index (χ2n) is 5.48. The van der Waals surface area contributed by atoms with Crippen LogP contribution in [0.5, 0.6) is 0 Å². The molecule has 0 aromatic carbocycles. The number of halogens is 1. The number of amides is 1. The molecule has 2 heterocycles. The number of aromatic nitrogens is 4. The molecule has 1 N–H and O–H groups in total. The fourth-order valence-corrected chi connectivity index (χ4v) is 2.33. The lowest BCUT2D eigenvalue weighted by atomic mass is 10.3. The Morgan fingerprint density at radius 3 is 2.62 bits per heavy atom. The van der Waals surface area contributed by atoms with Gasteiger partial charge in [-0.2, -0.15) is 10.2 Å². The highest BCUT2D eigenvalue weighted by Gasteiger charge is 2.21. The number of aryl methyl sites for hydroxylation is 3. The highest BCUT2D eigenvalue weighted by Crippen LogP contribution is 2.18. The molecule has 0 fully saturated rings. The lowest BCUT2D eigenvalue weighted by Gasteiger charge is -2.12. The first-order chi connectivity index (χ1) is 11.3. The largest absolute Gasteiger partial charge is 0.354 e. The lowest BCUT2D eigenvalue weighted by molar-refractivity contribution is -0.385. The molecule has 24 heavy (non-hydrogen) atoms. The van der Waals surface area contributed by atoms with Crippen LogP contribution >= 0.6 is 11.6 Å². The van der Waals surface area contributed by atoms with E-state index in [2.05, 4.69) is 15.5 Å². The minimum atomic E-state index is -0.626. The van der Waals surface area contributed by atoms with Crippen LogP contribution in [0.2, 0.25) is 5.02 Å². The Morgan fingerprint density at radius 2 is 2.08 bits per heavy atom. The second-order valence-corrected chi connectivity index (χ2v) is 5.89. The van der Waals surface area contributed by atoms with E-state index in [1.807, 2.05) is 6.92 Å². The van der Waals surface area contributed by atoms with Gasteiger partial charge in [0.2, 0.25) is 5.91 Å². The minimum Gasteiger partial charge on any atom is -0.354 e. The number of rotatable bonds is 7. The van der Waals surface area contributed by atoms with Crippen molar-refractivity contribution in [1.29, 1.82) is 0 Å². The number of hydrogen-bond acceptors (Lipinski definition) is 5. The number of nitrogens with zero attached hydrogens (tertiary/aromatic N) is 5. The molecule has 2 rings (SSSR count). The maximum absolute atomic E-state index is 12.1. The molecule has 1 atom stereocenters. The maximum Gasteiger partial charge on any atom is 0.309 e. The Balaban J connectivity index is 1.83. The first-order valence-corrected chi connectivity index (χ1v) is 7.84. The molecule has 0 saturated carbocycles. The Bertz CT molecular complexity index is 734. The molecule has 0 aliphatic heterocycles. The van der Waals surface area contributed by atoms with Crippen LogP contribution < -0.4 is 5.32 Å². The van der Waals surface area contributed by atoms with Crippen molar-refractivity contribution in [2.24, 2.45) is 0 Å². The van der Waals surface area contributed by atoms with E-state index in [1.54, 1.807) is 17.8 Å². The summed E-state index contributed by atoms with van der Waals surface area (Å²) < 4.78 is 3.03. The number of carbonyl (C=O) groups excluding carboxylic acids is 1. The summed E-state index contributed by atoms with van der Waals surface area (Å²) in [4.78, 5) is 22.4. The van der Waals surface area contributed by atoms with Gasteiger partial charge in [-0.25, -0.2) is 0 Å². The van der Waals surface area contributed by atoms with Gasteiger partial charge in [0, 0.05) is 19.3 Å². The summed E-state index contributed by atoms with van der Waals surface area (Å²) in [6.45, 7) is 6.10. The Hall–Kier alpha value is -2.42. The fraction of sp³-hybridized carbons (Fsp3) is 0.500. The monoisotopic (exact) mass is 354 g/mol. The summed E-state index contributed by atoms with van der Waals surface area (Å²) in [6.07, 6.45) is 3.70. The van der Waals surface area contributed by atoms with Crippen LogP contribution in [0.25, 0.3) is 0 Å². The lowest BCUT2D eigenvalue weighted by Crippen LogP contribution is -2.32. The highest BCUT2D eigenvalue weighted by atomic mass is 35.5. The van der Waals surface area contributed by atoms with Crippen molar-refractivity contribution >= 4 is 23.2 Å². The molecule has 0 spiro atoms. The van der Waals surface area contributed by atoms with Crippen molar-refractivity contribution in [1.82, 2.24) is 24.9 Å². The van der Waals surface area contributed by atoms with Gasteiger partial charge >= 0.3 is 5.69 Å². The van der Waals surface area contributed by atoms with Crippen LogP contribution in [-0.4, -0.2) is 36.9 Å². The SMILES string of the molecule is Cc1nn(CCCNC(=O)C(C)n2cc([N+](=O)[O-])c(C)n2)cc1Cl. The van der Waals surface area contributed by atoms with Gasteiger partial charge in [-0.1, -0.05) is 11.6 Å². The van der Waals surface area contributed by atoms with Crippen LogP contribution in [0.1, 0.15) is 30.8 Å². The molecule has 1 amide bonds. The third kappa shape index (κ3) is 4.10. The van der Waals surface area contributed by atoms with Crippen molar-refractivity contribution in [3.63, 3.8) is 0 Å². The van der Waals surface area contributed by atoms with Gasteiger partial charge in [0.05, 0.1) is 15.6 Å². The van der Waals surface area contributed by atoms with Crippen LogP contribution in [0.4, 0.5) is 5.69 Å². The summed E-state index contributed by atoms with van der Waals surface area (Å²) in [7, 11) is 0. The number of nitro groups is 1. The number of carbonyl (C=O) groups is 1. The molecule has 0 aliphatic rings. The predicted octanol–water partition coefficient (Wildman–Crippen LogP) is 2.03. The van der Waals surface area contributed by atoms with E-state index in [0.717, 1.165) is 5.69 Å². The van der Waals surface area contributed by atoms with Gasteiger partial charge < -0.3 is 5.32 Å². The average molecular weight is 355 g/mol. The van der Waals surface area contributed by atoms with E-state index in [1.165, 1.54) is 17.8 Å². The summed E-state index contributed by atoms with van der Waals surface area (Å²) >= 11 is 5.93. The Labute approximate surface area is 143 Å². The maximum atomic E-state index is 12.1. The first kappa shape index (κ1) is 17.9. The van der Waals surface area contributed by atoms with Gasteiger partial charge in [0.25, 0.3) is 0 Å². The molecule has 2 aromatic heterocycles. The molecule has 0 saturated heterocycles. The zero-order chi connectivity index (χ0) is 17.9. The molecule has 0 bridgehead atoms. The fourth-order valence-electron chi connectivity index (χ4n) is 2.18. The van der Waals surface area contributed by atoms with E-state index in [4.69, 9.17) is 11.6 Å². The first-order valence-electron chi connectivity index (χ1n) is 7.47. The molecular weight excluding hydrogens is 336 g/mol. The molecule has 130 valence electrons. The average Bonchev–Trinajstić information content (AvgIpc) is 3.06. The molecule has 9 nitrogen and oxygen atoms in total. The zero-order valence-electron chi connectivity index (χ0n) is 13.7. The topological polar surface area (TPSA) is 108 Å². The smallest absolute Gasteiger partial charge is 0.309 e. The van der Waals surface area contributed by atoms with E-state index in [0.29, 0.717) is 24.5 Å². The van der Waals surface area contributed by atoms with Crippen molar-refractivity contribution < 1.29 is 9.72 Å². The molecular formula is C14H19ClN6O3. The summed E-state index contributed by atoms with van der Waals surface area (Å²) in [5.41, 5.74) is 0.955. The van der Waals surface area contributed by atoms with Crippen molar-refractivity contribution in [3.8, 4) is 0 Å². The molecule has 10 heteroatoms. The minimum absolute atomic E-state index is 0.0967. The van der Waals surface area contributed by atoms with E-state index in [-0.39, 0.29) is 17.3 Å².